The number of methoxy groups -OCH3 is 1. The Bertz CT molecular complexity index is 1350. The highest BCUT2D eigenvalue weighted by atomic mass is 16.6. The summed E-state index contributed by atoms with van der Waals surface area (Å²) in [7, 11) is 1.59. The van der Waals surface area contributed by atoms with Crippen LogP contribution in [0.4, 0.5) is 34.9 Å². The number of nitro benzene ring substituents is 1. The standard InChI is InChI=1S/C23H20N8O4/c1-35-18-10-8-17(9-11-18)26-22-27-21(25-16-5-3-2-4-6-16)28-23(29-22)30-24-14-15-7-12-20(32)19(13-15)31(33)34/h2-14,32H,1H3,(H3,25,26,27,28,29,30)/b24-14-. The molecule has 1 aromatic heterocycles. The van der Waals surface area contributed by atoms with Gasteiger partial charge in [0, 0.05) is 23.0 Å². The van der Waals surface area contributed by atoms with E-state index in [1.54, 1.807) is 19.2 Å². The lowest BCUT2D eigenvalue weighted by Gasteiger charge is -2.10. The Morgan fingerprint density at radius 2 is 1.54 bits per heavy atom. The quantitative estimate of drug-likeness (QED) is 0.156. The first kappa shape index (κ1) is 22.9. The van der Waals surface area contributed by atoms with Gasteiger partial charge in [-0.1, -0.05) is 18.2 Å². The molecule has 0 saturated carbocycles. The van der Waals surface area contributed by atoms with Crippen molar-refractivity contribution in [1.29, 1.82) is 0 Å². The zero-order valence-electron chi connectivity index (χ0n) is 18.4. The van der Waals surface area contributed by atoms with Crippen molar-refractivity contribution < 1.29 is 14.8 Å². The number of hydrazone groups is 1. The van der Waals surface area contributed by atoms with Crippen molar-refractivity contribution in [2.24, 2.45) is 5.10 Å². The maximum absolute atomic E-state index is 11.0. The number of benzene rings is 3. The topological polar surface area (TPSA) is 160 Å². The number of hydrogen-bond donors (Lipinski definition) is 4. The average molecular weight is 472 g/mol. The number of rotatable bonds is 9. The van der Waals surface area contributed by atoms with Gasteiger partial charge in [-0.15, -0.1) is 0 Å². The molecule has 3 aromatic carbocycles. The number of para-hydroxylation sites is 1. The van der Waals surface area contributed by atoms with E-state index in [4.69, 9.17) is 4.74 Å². The lowest BCUT2D eigenvalue weighted by molar-refractivity contribution is -0.385. The molecule has 4 rings (SSSR count). The molecule has 0 fully saturated rings. The third-order valence-electron chi connectivity index (χ3n) is 4.59. The number of nitrogens with one attached hydrogen (secondary N) is 3. The second kappa shape index (κ2) is 10.6. The lowest BCUT2D eigenvalue weighted by Crippen LogP contribution is -2.07. The summed E-state index contributed by atoms with van der Waals surface area (Å²) < 4.78 is 5.18. The molecule has 0 aliphatic heterocycles. The molecule has 12 heteroatoms. The van der Waals surface area contributed by atoms with Crippen molar-refractivity contribution in [3.63, 3.8) is 0 Å². The van der Waals surface area contributed by atoms with Crippen molar-refractivity contribution in [1.82, 2.24) is 15.0 Å². The van der Waals surface area contributed by atoms with Gasteiger partial charge in [0.15, 0.2) is 5.75 Å². The summed E-state index contributed by atoms with van der Waals surface area (Å²) in [6.45, 7) is 0. The van der Waals surface area contributed by atoms with Crippen LogP contribution < -0.4 is 20.8 Å². The first-order valence-corrected chi connectivity index (χ1v) is 10.3. The molecule has 1 heterocycles. The van der Waals surface area contributed by atoms with Gasteiger partial charge < -0.3 is 20.5 Å². The molecule has 12 nitrogen and oxygen atoms in total. The first-order valence-electron chi connectivity index (χ1n) is 10.3. The third-order valence-corrected chi connectivity index (χ3v) is 4.59. The Kier molecular flexibility index (Phi) is 6.92. The van der Waals surface area contributed by atoms with Gasteiger partial charge in [-0.05, 0) is 48.5 Å². The second-order valence-corrected chi connectivity index (χ2v) is 7.03. The van der Waals surface area contributed by atoms with E-state index in [0.717, 1.165) is 11.4 Å². The molecule has 176 valence electrons. The van der Waals surface area contributed by atoms with Crippen molar-refractivity contribution in [3.05, 3.63) is 88.5 Å². The summed E-state index contributed by atoms with van der Waals surface area (Å²) in [5.74, 6) is 0.924. The lowest BCUT2D eigenvalue weighted by atomic mass is 10.2. The maximum Gasteiger partial charge on any atom is 0.311 e. The van der Waals surface area contributed by atoms with Gasteiger partial charge in [0.25, 0.3) is 0 Å². The summed E-state index contributed by atoms with van der Waals surface area (Å²) in [5.41, 5.74) is 4.19. The van der Waals surface area contributed by atoms with E-state index in [1.807, 2.05) is 42.5 Å². The van der Waals surface area contributed by atoms with Gasteiger partial charge in [-0.2, -0.15) is 20.1 Å². The third kappa shape index (κ3) is 6.16. The number of phenols is 1. The van der Waals surface area contributed by atoms with E-state index >= 15 is 0 Å². The Morgan fingerprint density at radius 1 is 0.914 bits per heavy atom. The smallest absolute Gasteiger partial charge is 0.311 e. The monoisotopic (exact) mass is 472 g/mol. The van der Waals surface area contributed by atoms with Crippen LogP contribution in [-0.4, -0.2) is 38.3 Å². The summed E-state index contributed by atoms with van der Waals surface area (Å²) in [5, 5.41) is 30.9. The van der Waals surface area contributed by atoms with Gasteiger partial charge in [0.05, 0.1) is 18.2 Å². The van der Waals surface area contributed by atoms with Crippen molar-refractivity contribution in [2.45, 2.75) is 0 Å². The van der Waals surface area contributed by atoms with Crippen LogP contribution in [0.5, 0.6) is 11.5 Å². The number of phenolic OH excluding ortho intramolecular Hbond substituents is 1. The van der Waals surface area contributed by atoms with Gasteiger partial charge >= 0.3 is 5.69 Å². The summed E-state index contributed by atoms with van der Waals surface area (Å²) in [6.07, 6.45) is 1.34. The van der Waals surface area contributed by atoms with E-state index in [2.05, 4.69) is 36.1 Å². The molecule has 0 atom stereocenters. The molecule has 0 amide bonds. The van der Waals surface area contributed by atoms with E-state index < -0.39 is 16.4 Å². The highest BCUT2D eigenvalue weighted by molar-refractivity contribution is 5.82. The number of ether oxygens (including phenoxy) is 1. The van der Waals surface area contributed by atoms with Crippen LogP contribution in [0.2, 0.25) is 0 Å². The normalized spacial score (nSPS) is 10.7. The second-order valence-electron chi connectivity index (χ2n) is 7.03. The Balaban J connectivity index is 1.57. The maximum atomic E-state index is 11.0. The number of nitro groups is 1. The minimum absolute atomic E-state index is 0.124. The zero-order chi connectivity index (χ0) is 24.6. The molecule has 0 aliphatic carbocycles. The number of aromatic nitrogens is 3. The molecule has 0 saturated heterocycles. The Hall–Kier alpha value is -5.26. The molecule has 4 aromatic rings. The highest BCUT2D eigenvalue weighted by Crippen LogP contribution is 2.25. The number of hydrogen-bond acceptors (Lipinski definition) is 11. The summed E-state index contributed by atoms with van der Waals surface area (Å²) in [6, 6.07) is 20.5. The van der Waals surface area contributed by atoms with Gasteiger partial charge in [0.2, 0.25) is 17.8 Å². The predicted molar refractivity (Wildman–Crippen MR) is 132 cm³/mol. The van der Waals surface area contributed by atoms with E-state index in [0.29, 0.717) is 11.3 Å². The number of anilines is 5. The summed E-state index contributed by atoms with van der Waals surface area (Å²) >= 11 is 0. The molecule has 0 radical (unpaired) electrons. The highest BCUT2D eigenvalue weighted by Gasteiger charge is 2.13. The fraction of sp³-hybridized carbons (Fsp3) is 0.0435. The molecular formula is C23H20N8O4. The minimum Gasteiger partial charge on any atom is -0.502 e. The van der Waals surface area contributed by atoms with Crippen molar-refractivity contribution in [3.8, 4) is 11.5 Å². The van der Waals surface area contributed by atoms with Crippen LogP contribution >= 0.6 is 0 Å². The zero-order valence-corrected chi connectivity index (χ0v) is 18.4. The van der Waals surface area contributed by atoms with Crippen LogP contribution in [0, 0.1) is 10.1 Å². The Morgan fingerprint density at radius 3 is 2.17 bits per heavy atom. The van der Waals surface area contributed by atoms with Gasteiger partial charge in [-0.3, -0.25) is 10.1 Å². The largest absolute Gasteiger partial charge is 0.502 e. The minimum atomic E-state index is -0.676. The van der Waals surface area contributed by atoms with Gasteiger partial charge in [-0.25, -0.2) is 5.43 Å². The van der Waals surface area contributed by atoms with Gasteiger partial charge in [0.1, 0.15) is 5.75 Å². The Labute approximate surface area is 199 Å². The van der Waals surface area contributed by atoms with Crippen LogP contribution in [0.15, 0.2) is 77.9 Å². The van der Waals surface area contributed by atoms with Crippen molar-refractivity contribution >= 4 is 41.1 Å². The molecular weight excluding hydrogens is 452 g/mol. The molecule has 0 aliphatic rings. The average Bonchev–Trinajstić information content (AvgIpc) is 2.86. The fourth-order valence-corrected chi connectivity index (χ4v) is 2.92. The van der Waals surface area contributed by atoms with E-state index in [1.165, 1.54) is 24.4 Å². The predicted octanol–water partition coefficient (Wildman–Crippen LogP) is 4.43. The molecule has 0 unspecified atom stereocenters. The van der Waals surface area contributed by atoms with Crippen LogP contribution in [0.25, 0.3) is 0 Å². The van der Waals surface area contributed by atoms with Crippen molar-refractivity contribution in [2.75, 3.05) is 23.2 Å². The molecule has 35 heavy (non-hydrogen) atoms. The SMILES string of the molecule is COc1ccc(Nc2nc(N/N=C\c3ccc(O)c([N+](=O)[O-])c3)nc(Nc3ccccc3)n2)cc1. The molecule has 0 bridgehead atoms. The molecule has 0 spiro atoms. The summed E-state index contributed by atoms with van der Waals surface area (Å²) in [4.78, 5) is 23.4. The fourth-order valence-electron chi connectivity index (χ4n) is 2.92. The van der Waals surface area contributed by atoms with E-state index in [9.17, 15) is 15.2 Å². The van der Waals surface area contributed by atoms with Crippen LogP contribution in [-0.2, 0) is 0 Å². The number of aromatic hydroxyl groups is 1. The van der Waals surface area contributed by atoms with Crippen LogP contribution in [0.1, 0.15) is 5.56 Å². The van der Waals surface area contributed by atoms with E-state index in [-0.39, 0.29) is 17.8 Å². The van der Waals surface area contributed by atoms with Crippen LogP contribution in [0.3, 0.4) is 0 Å². The number of nitrogens with zero attached hydrogens (tertiary/aromatic N) is 5. The first-order chi connectivity index (χ1) is 17.0. The molecule has 4 N–H and O–H groups in total.